The van der Waals surface area contributed by atoms with Crippen LogP contribution in [0.1, 0.15) is 5.76 Å². The van der Waals surface area contributed by atoms with Gasteiger partial charge in [0.05, 0.1) is 15.5 Å². The van der Waals surface area contributed by atoms with Gasteiger partial charge < -0.3 is 4.42 Å². The third-order valence-electron chi connectivity index (χ3n) is 4.14. The molecule has 1 aromatic heterocycles. The molecular formula is C20H11ClN2O4S2. The molecule has 1 fully saturated rings. The van der Waals surface area contributed by atoms with Crippen LogP contribution in [0.25, 0.3) is 17.4 Å². The summed E-state index contributed by atoms with van der Waals surface area (Å²) in [4.78, 5) is 24.9. The predicted octanol–water partition coefficient (Wildman–Crippen LogP) is 5.91. The first-order chi connectivity index (χ1) is 13.9. The molecule has 144 valence electrons. The lowest BCUT2D eigenvalue weighted by Crippen LogP contribution is -2.27. The van der Waals surface area contributed by atoms with Crippen LogP contribution in [0.4, 0.5) is 11.4 Å². The molecule has 2 heterocycles. The number of benzene rings is 2. The van der Waals surface area contributed by atoms with E-state index >= 15 is 0 Å². The topological polar surface area (TPSA) is 76.6 Å². The number of thiocarbonyl (C=S) groups is 1. The SMILES string of the molecule is O=C1/C(=C/c2ccc(-c3ccc(Cl)cc3)o2)SC(=S)N1c1ccc([N+](=O)[O-])cc1. The fourth-order valence-corrected chi connectivity index (χ4v) is 4.15. The molecule has 0 saturated carbocycles. The van der Waals surface area contributed by atoms with Gasteiger partial charge in [-0.2, -0.15) is 0 Å². The lowest BCUT2D eigenvalue weighted by Gasteiger charge is -2.13. The minimum Gasteiger partial charge on any atom is -0.457 e. The Morgan fingerprint density at radius 2 is 1.76 bits per heavy atom. The highest BCUT2D eigenvalue weighted by Gasteiger charge is 2.33. The number of hydrogen-bond acceptors (Lipinski definition) is 6. The van der Waals surface area contributed by atoms with Gasteiger partial charge in [-0.1, -0.05) is 35.6 Å². The maximum Gasteiger partial charge on any atom is 0.270 e. The lowest BCUT2D eigenvalue weighted by molar-refractivity contribution is -0.384. The molecule has 2 aromatic carbocycles. The maximum absolute atomic E-state index is 12.8. The number of furan rings is 1. The number of thioether (sulfide) groups is 1. The second-order valence-corrected chi connectivity index (χ2v) is 8.11. The molecule has 1 aliphatic rings. The zero-order valence-electron chi connectivity index (χ0n) is 14.6. The summed E-state index contributed by atoms with van der Waals surface area (Å²) in [7, 11) is 0. The van der Waals surface area contributed by atoms with E-state index in [4.69, 9.17) is 28.2 Å². The van der Waals surface area contributed by atoms with Gasteiger partial charge in [0.2, 0.25) is 0 Å². The quantitative estimate of drug-likeness (QED) is 0.216. The third-order valence-corrected chi connectivity index (χ3v) is 5.70. The smallest absolute Gasteiger partial charge is 0.270 e. The Kier molecular flexibility index (Phi) is 5.23. The molecule has 1 aliphatic heterocycles. The Balaban J connectivity index is 1.58. The van der Waals surface area contributed by atoms with Crippen LogP contribution in [-0.4, -0.2) is 15.2 Å². The van der Waals surface area contributed by atoms with Gasteiger partial charge in [-0.15, -0.1) is 0 Å². The molecule has 9 heteroatoms. The van der Waals surface area contributed by atoms with E-state index in [1.807, 2.05) is 18.2 Å². The van der Waals surface area contributed by atoms with Crippen molar-refractivity contribution in [2.24, 2.45) is 0 Å². The van der Waals surface area contributed by atoms with E-state index in [1.54, 1.807) is 24.3 Å². The summed E-state index contributed by atoms with van der Waals surface area (Å²) < 4.78 is 6.16. The Bertz CT molecular complexity index is 1150. The van der Waals surface area contributed by atoms with Gasteiger partial charge in [-0.05, 0) is 48.5 Å². The van der Waals surface area contributed by atoms with Crippen molar-refractivity contribution in [2.75, 3.05) is 4.90 Å². The van der Waals surface area contributed by atoms with Crippen molar-refractivity contribution in [3.63, 3.8) is 0 Å². The minimum absolute atomic E-state index is 0.0555. The van der Waals surface area contributed by atoms with Crippen molar-refractivity contribution in [1.82, 2.24) is 0 Å². The average Bonchev–Trinajstić information content (AvgIpc) is 3.27. The molecule has 0 atom stereocenters. The molecule has 6 nitrogen and oxygen atoms in total. The van der Waals surface area contributed by atoms with Crippen LogP contribution in [0.2, 0.25) is 5.02 Å². The van der Waals surface area contributed by atoms with Crippen molar-refractivity contribution in [3.8, 4) is 11.3 Å². The van der Waals surface area contributed by atoms with Crippen LogP contribution in [0.15, 0.2) is 70.0 Å². The molecule has 29 heavy (non-hydrogen) atoms. The molecule has 0 aliphatic carbocycles. The number of amides is 1. The second-order valence-electron chi connectivity index (χ2n) is 6.00. The number of anilines is 1. The van der Waals surface area contributed by atoms with Crippen molar-refractivity contribution < 1.29 is 14.1 Å². The normalized spacial score (nSPS) is 15.3. The molecule has 0 bridgehead atoms. The minimum atomic E-state index is -0.497. The first-order valence-electron chi connectivity index (χ1n) is 8.30. The molecule has 4 rings (SSSR count). The number of hydrogen-bond donors (Lipinski definition) is 0. The fraction of sp³-hybridized carbons (Fsp3) is 0. The molecule has 3 aromatic rings. The molecule has 0 unspecified atom stereocenters. The molecule has 0 N–H and O–H groups in total. The van der Waals surface area contributed by atoms with E-state index in [9.17, 15) is 14.9 Å². The first kappa shape index (κ1) is 19.4. The van der Waals surface area contributed by atoms with Crippen LogP contribution in [0.5, 0.6) is 0 Å². The highest BCUT2D eigenvalue weighted by atomic mass is 35.5. The Morgan fingerprint density at radius 3 is 2.41 bits per heavy atom. The van der Waals surface area contributed by atoms with Crippen molar-refractivity contribution in [1.29, 1.82) is 0 Å². The third kappa shape index (κ3) is 3.95. The fourth-order valence-electron chi connectivity index (χ4n) is 2.74. The number of carbonyl (C=O) groups excluding carboxylic acids is 1. The summed E-state index contributed by atoms with van der Waals surface area (Å²) >= 11 is 12.4. The summed E-state index contributed by atoms with van der Waals surface area (Å²) in [6.07, 6.45) is 1.63. The van der Waals surface area contributed by atoms with Gasteiger partial charge in [0, 0.05) is 28.8 Å². The van der Waals surface area contributed by atoms with Gasteiger partial charge >= 0.3 is 0 Å². The monoisotopic (exact) mass is 442 g/mol. The summed E-state index contributed by atoms with van der Waals surface area (Å²) in [5.41, 5.74) is 1.29. The van der Waals surface area contributed by atoms with E-state index in [1.165, 1.54) is 29.2 Å². The number of non-ortho nitro benzene ring substituents is 1. The van der Waals surface area contributed by atoms with E-state index in [-0.39, 0.29) is 11.6 Å². The average molecular weight is 443 g/mol. The lowest BCUT2D eigenvalue weighted by atomic mass is 10.2. The number of nitro benzene ring substituents is 1. The summed E-state index contributed by atoms with van der Waals surface area (Å²) in [6, 6.07) is 16.5. The van der Waals surface area contributed by atoms with E-state index < -0.39 is 4.92 Å². The van der Waals surface area contributed by atoms with Gasteiger partial charge in [0.25, 0.3) is 11.6 Å². The second kappa shape index (κ2) is 7.82. The zero-order valence-corrected chi connectivity index (χ0v) is 17.0. The van der Waals surface area contributed by atoms with Crippen LogP contribution >= 0.6 is 35.6 Å². The molecule has 0 radical (unpaired) electrons. The molecule has 0 spiro atoms. The van der Waals surface area contributed by atoms with Crippen LogP contribution in [0.3, 0.4) is 0 Å². The molecule has 1 saturated heterocycles. The number of halogens is 1. The van der Waals surface area contributed by atoms with Gasteiger partial charge in [0.15, 0.2) is 4.32 Å². The van der Waals surface area contributed by atoms with Gasteiger partial charge in [-0.3, -0.25) is 19.8 Å². The number of rotatable bonds is 4. The van der Waals surface area contributed by atoms with E-state index in [0.29, 0.717) is 31.5 Å². The number of nitrogens with zero attached hydrogens (tertiary/aromatic N) is 2. The maximum atomic E-state index is 12.8. The Morgan fingerprint density at radius 1 is 1.07 bits per heavy atom. The Hall–Kier alpha value is -2.94. The van der Waals surface area contributed by atoms with Gasteiger partial charge in [0.1, 0.15) is 11.5 Å². The van der Waals surface area contributed by atoms with Crippen molar-refractivity contribution in [3.05, 3.63) is 86.5 Å². The predicted molar refractivity (Wildman–Crippen MR) is 118 cm³/mol. The summed E-state index contributed by atoms with van der Waals surface area (Å²) in [6.45, 7) is 0. The van der Waals surface area contributed by atoms with Crippen molar-refractivity contribution in [2.45, 2.75) is 0 Å². The Labute approximate surface area is 179 Å². The summed E-state index contributed by atoms with van der Waals surface area (Å²) in [5, 5.41) is 11.4. The largest absolute Gasteiger partial charge is 0.457 e. The number of nitro groups is 1. The van der Waals surface area contributed by atoms with Crippen molar-refractivity contribution >= 4 is 63.3 Å². The number of carbonyl (C=O) groups is 1. The van der Waals surface area contributed by atoms with Crippen LogP contribution in [0, 0.1) is 10.1 Å². The van der Waals surface area contributed by atoms with E-state index in [2.05, 4.69) is 0 Å². The summed E-state index contributed by atoms with van der Waals surface area (Å²) in [5.74, 6) is 0.858. The highest BCUT2D eigenvalue weighted by molar-refractivity contribution is 8.27. The first-order valence-corrected chi connectivity index (χ1v) is 9.91. The molecule has 1 amide bonds. The molecular weight excluding hydrogens is 432 g/mol. The van der Waals surface area contributed by atoms with Crippen LogP contribution < -0.4 is 4.90 Å². The standard InChI is InChI=1S/C20H11ClN2O4S2/c21-13-3-1-12(2-4-13)17-10-9-16(27-17)11-18-19(24)22(20(28)29-18)14-5-7-15(8-6-14)23(25)26/h1-11H/b18-11-. The van der Waals surface area contributed by atoms with Gasteiger partial charge in [-0.25, -0.2) is 0 Å². The van der Waals surface area contributed by atoms with Crippen LogP contribution in [-0.2, 0) is 4.79 Å². The zero-order chi connectivity index (χ0) is 20.5. The van der Waals surface area contributed by atoms with E-state index in [0.717, 1.165) is 17.3 Å². The highest BCUT2D eigenvalue weighted by Crippen LogP contribution is 2.37.